The number of hydrogen-bond donors (Lipinski definition) is 1. The first-order chi connectivity index (χ1) is 8.86. The van der Waals surface area contributed by atoms with Crippen LogP contribution in [0.1, 0.15) is 32.3 Å². The predicted octanol–water partition coefficient (Wildman–Crippen LogP) is 2.97. The highest BCUT2D eigenvalue weighted by molar-refractivity contribution is 9.10. The molecule has 106 valence electrons. The van der Waals surface area contributed by atoms with E-state index in [4.69, 9.17) is 5.73 Å². The van der Waals surface area contributed by atoms with Gasteiger partial charge in [0.25, 0.3) is 0 Å². The normalized spacial score (nSPS) is 13.9. The first-order valence-electron chi connectivity index (χ1n) is 6.65. The lowest BCUT2D eigenvalue weighted by Gasteiger charge is -2.29. The topological polar surface area (TPSA) is 46.3 Å². The van der Waals surface area contributed by atoms with Gasteiger partial charge in [0.05, 0.1) is 5.54 Å². The molecule has 3 nitrogen and oxygen atoms in total. The highest BCUT2D eigenvalue weighted by Crippen LogP contribution is 2.14. The number of nitrogens with two attached hydrogens (primary N) is 1. The number of carbonyl (C=O) groups excluding carboxylic acids is 1. The standard InChI is InChI=1S/C15H23BrN2O/c1-4-10-15(2,17)14(19)18(3)11-9-12-5-7-13(16)8-6-12/h5-8H,4,9-11,17H2,1-3H3. The van der Waals surface area contributed by atoms with E-state index in [1.54, 1.807) is 4.90 Å². The number of halogens is 1. The van der Waals surface area contributed by atoms with Crippen LogP contribution in [0.25, 0.3) is 0 Å². The van der Waals surface area contributed by atoms with Crippen molar-refractivity contribution in [2.45, 2.75) is 38.6 Å². The highest BCUT2D eigenvalue weighted by atomic mass is 79.9. The van der Waals surface area contributed by atoms with Gasteiger partial charge in [-0.1, -0.05) is 41.4 Å². The highest BCUT2D eigenvalue weighted by Gasteiger charge is 2.29. The van der Waals surface area contributed by atoms with Crippen molar-refractivity contribution in [2.24, 2.45) is 5.73 Å². The second-order valence-electron chi connectivity index (χ2n) is 5.27. The molecule has 0 aliphatic heterocycles. The Labute approximate surface area is 124 Å². The summed E-state index contributed by atoms with van der Waals surface area (Å²) in [6.45, 7) is 4.55. The molecule has 0 saturated carbocycles. The number of amides is 1. The summed E-state index contributed by atoms with van der Waals surface area (Å²) in [4.78, 5) is 14.0. The SMILES string of the molecule is CCCC(C)(N)C(=O)N(C)CCc1ccc(Br)cc1. The van der Waals surface area contributed by atoms with Crippen LogP contribution < -0.4 is 5.73 Å². The molecule has 0 bridgehead atoms. The molecule has 1 aromatic carbocycles. The molecule has 4 heteroatoms. The van der Waals surface area contributed by atoms with Crippen LogP contribution in [0.2, 0.25) is 0 Å². The zero-order valence-electron chi connectivity index (χ0n) is 11.9. The van der Waals surface area contributed by atoms with E-state index < -0.39 is 5.54 Å². The van der Waals surface area contributed by atoms with E-state index in [0.717, 1.165) is 17.3 Å². The third-order valence-corrected chi connectivity index (χ3v) is 3.78. The number of nitrogens with zero attached hydrogens (tertiary/aromatic N) is 1. The van der Waals surface area contributed by atoms with E-state index in [-0.39, 0.29) is 5.91 Å². The van der Waals surface area contributed by atoms with Crippen LogP contribution in [0, 0.1) is 0 Å². The molecule has 1 amide bonds. The van der Waals surface area contributed by atoms with Gasteiger partial charge >= 0.3 is 0 Å². The molecule has 19 heavy (non-hydrogen) atoms. The average Bonchev–Trinajstić information content (AvgIpc) is 2.36. The molecule has 1 aromatic rings. The Morgan fingerprint density at radius 1 is 1.37 bits per heavy atom. The van der Waals surface area contributed by atoms with Crippen molar-refractivity contribution >= 4 is 21.8 Å². The molecule has 0 radical (unpaired) electrons. The van der Waals surface area contributed by atoms with Crippen LogP contribution in [-0.4, -0.2) is 29.9 Å². The molecule has 0 heterocycles. The van der Waals surface area contributed by atoms with Crippen LogP contribution in [-0.2, 0) is 11.2 Å². The van der Waals surface area contributed by atoms with Crippen molar-refractivity contribution in [3.05, 3.63) is 34.3 Å². The molecule has 1 atom stereocenters. The maximum atomic E-state index is 12.2. The lowest BCUT2D eigenvalue weighted by Crippen LogP contribution is -2.52. The van der Waals surface area contributed by atoms with Gasteiger partial charge in [0.1, 0.15) is 0 Å². The summed E-state index contributed by atoms with van der Waals surface area (Å²) in [7, 11) is 1.82. The largest absolute Gasteiger partial charge is 0.344 e. The molecule has 2 N–H and O–H groups in total. The minimum Gasteiger partial charge on any atom is -0.344 e. The van der Waals surface area contributed by atoms with Gasteiger partial charge in [-0.05, 0) is 37.5 Å². The summed E-state index contributed by atoms with van der Waals surface area (Å²) in [5.41, 5.74) is 6.54. The maximum Gasteiger partial charge on any atom is 0.242 e. The van der Waals surface area contributed by atoms with Gasteiger partial charge in [-0.15, -0.1) is 0 Å². The Kier molecular flexibility index (Phi) is 6.01. The van der Waals surface area contributed by atoms with Gasteiger partial charge < -0.3 is 10.6 Å². The van der Waals surface area contributed by atoms with E-state index in [1.807, 2.05) is 33.0 Å². The predicted molar refractivity (Wildman–Crippen MR) is 83.0 cm³/mol. The molecule has 0 aromatic heterocycles. The van der Waals surface area contributed by atoms with Crippen LogP contribution in [0.15, 0.2) is 28.7 Å². The van der Waals surface area contributed by atoms with E-state index in [0.29, 0.717) is 13.0 Å². The average molecular weight is 327 g/mol. The van der Waals surface area contributed by atoms with Gasteiger partial charge in [0, 0.05) is 18.1 Å². The van der Waals surface area contributed by atoms with Crippen molar-refractivity contribution < 1.29 is 4.79 Å². The van der Waals surface area contributed by atoms with Crippen LogP contribution in [0.5, 0.6) is 0 Å². The molecule has 1 unspecified atom stereocenters. The monoisotopic (exact) mass is 326 g/mol. The van der Waals surface area contributed by atoms with Crippen LogP contribution in [0.3, 0.4) is 0 Å². The molecule has 0 saturated heterocycles. The fourth-order valence-corrected chi connectivity index (χ4v) is 2.38. The van der Waals surface area contributed by atoms with Crippen molar-refractivity contribution in [3.63, 3.8) is 0 Å². The summed E-state index contributed by atoms with van der Waals surface area (Å²) in [6.07, 6.45) is 2.48. The molecule has 1 rings (SSSR count). The summed E-state index contributed by atoms with van der Waals surface area (Å²) in [5.74, 6) is 0.0199. The van der Waals surface area contributed by atoms with Crippen molar-refractivity contribution in [2.75, 3.05) is 13.6 Å². The molecule has 0 spiro atoms. The third kappa shape index (κ3) is 4.96. The Morgan fingerprint density at radius 2 is 1.95 bits per heavy atom. The van der Waals surface area contributed by atoms with Crippen LogP contribution in [0.4, 0.5) is 0 Å². The van der Waals surface area contributed by atoms with E-state index >= 15 is 0 Å². The molecule has 0 aliphatic rings. The Hall–Kier alpha value is -0.870. The smallest absolute Gasteiger partial charge is 0.242 e. The first kappa shape index (κ1) is 16.2. The second-order valence-corrected chi connectivity index (χ2v) is 6.19. The number of likely N-dealkylation sites (N-methyl/N-ethyl adjacent to an activating group) is 1. The summed E-state index contributed by atoms with van der Waals surface area (Å²) < 4.78 is 1.07. The molecular weight excluding hydrogens is 304 g/mol. The molecule has 0 fully saturated rings. The van der Waals surface area contributed by atoms with E-state index in [2.05, 4.69) is 28.1 Å². The van der Waals surface area contributed by atoms with Crippen molar-refractivity contribution in [3.8, 4) is 0 Å². The third-order valence-electron chi connectivity index (χ3n) is 3.25. The van der Waals surface area contributed by atoms with Crippen molar-refractivity contribution in [1.82, 2.24) is 4.90 Å². The van der Waals surface area contributed by atoms with Crippen LogP contribution >= 0.6 is 15.9 Å². The summed E-state index contributed by atoms with van der Waals surface area (Å²) in [5, 5.41) is 0. The fourth-order valence-electron chi connectivity index (χ4n) is 2.11. The molecule has 0 aliphatic carbocycles. The van der Waals surface area contributed by atoms with Crippen molar-refractivity contribution in [1.29, 1.82) is 0 Å². The fraction of sp³-hybridized carbons (Fsp3) is 0.533. The maximum absolute atomic E-state index is 12.2. The zero-order valence-corrected chi connectivity index (χ0v) is 13.5. The minimum atomic E-state index is -0.747. The Bertz CT molecular complexity index is 415. The lowest BCUT2D eigenvalue weighted by molar-refractivity contribution is -0.135. The van der Waals surface area contributed by atoms with Gasteiger partial charge in [0.15, 0.2) is 0 Å². The van der Waals surface area contributed by atoms with Gasteiger partial charge in [-0.2, -0.15) is 0 Å². The van der Waals surface area contributed by atoms with Gasteiger partial charge in [0.2, 0.25) is 5.91 Å². The van der Waals surface area contributed by atoms with Gasteiger partial charge in [-0.25, -0.2) is 0 Å². The second kappa shape index (κ2) is 7.06. The number of carbonyl (C=O) groups is 1. The number of benzene rings is 1. The van der Waals surface area contributed by atoms with E-state index in [1.165, 1.54) is 5.56 Å². The lowest BCUT2D eigenvalue weighted by atomic mass is 9.96. The van der Waals surface area contributed by atoms with E-state index in [9.17, 15) is 4.79 Å². The summed E-state index contributed by atoms with van der Waals surface area (Å²) in [6, 6.07) is 8.16. The number of rotatable bonds is 6. The Morgan fingerprint density at radius 3 is 2.47 bits per heavy atom. The quantitative estimate of drug-likeness (QED) is 0.873. The first-order valence-corrected chi connectivity index (χ1v) is 7.45. The van der Waals surface area contributed by atoms with Gasteiger partial charge in [-0.3, -0.25) is 4.79 Å². The summed E-state index contributed by atoms with van der Waals surface area (Å²) >= 11 is 3.41. The Balaban J connectivity index is 2.53. The molecular formula is C15H23BrN2O. The zero-order chi connectivity index (χ0) is 14.5. The minimum absolute atomic E-state index is 0.0199. The number of hydrogen-bond acceptors (Lipinski definition) is 2.